The zero-order valence-electron chi connectivity index (χ0n) is 18.8. The van der Waals surface area contributed by atoms with Gasteiger partial charge in [-0.1, -0.05) is 80.8 Å². The van der Waals surface area contributed by atoms with E-state index in [1.807, 2.05) is 0 Å². The number of hydrogen-bond donors (Lipinski definition) is 0. The molecule has 0 radical (unpaired) electrons. The Morgan fingerprint density at radius 1 is 1.32 bits per heavy atom. The lowest BCUT2D eigenvalue weighted by Gasteiger charge is -2.13. The quantitative estimate of drug-likeness (QED) is 0.353. The molecule has 0 aliphatic heterocycles. The Balaban J connectivity index is 2.72. The van der Waals surface area contributed by atoms with E-state index in [0.717, 1.165) is 54.7 Å². The van der Waals surface area contributed by atoms with Crippen LogP contribution in [0.25, 0.3) is 0 Å². The highest BCUT2D eigenvalue weighted by molar-refractivity contribution is 6.30. The molecule has 2 atom stereocenters. The normalized spacial score (nSPS) is 20.4. The van der Waals surface area contributed by atoms with Crippen LogP contribution >= 0.6 is 11.6 Å². The lowest BCUT2D eigenvalue weighted by atomic mass is 9.92. The van der Waals surface area contributed by atoms with E-state index in [4.69, 9.17) is 11.6 Å². The summed E-state index contributed by atoms with van der Waals surface area (Å²) in [5.74, 6) is 1.06. The van der Waals surface area contributed by atoms with Gasteiger partial charge in [-0.15, -0.1) is 0 Å². The average molecular weight is 403 g/mol. The molecule has 28 heavy (non-hydrogen) atoms. The molecule has 2 unspecified atom stereocenters. The summed E-state index contributed by atoms with van der Waals surface area (Å²) in [6.07, 6.45) is 17.1. The first-order valence-electron chi connectivity index (χ1n) is 10.9. The molecule has 0 amide bonds. The molecule has 0 aromatic carbocycles. The largest absolute Gasteiger partial charge is 0.294 e. The minimum atomic E-state index is 0.275. The van der Waals surface area contributed by atoms with Crippen molar-refractivity contribution in [2.75, 3.05) is 0 Å². The molecule has 0 saturated carbocycles. The smallest absolute Gasteiger partial charge is 0.162 e. The van der Waals surface area contributed by atoms with E-state index in [1.165, 1.54) is 11.1 Å². The first-order valence-corrected chi connectivity index (χ1v) is 11.3. The summed E-state index contributed by atoms with van der Waals surface area (Å²) < 4.78 is 0. The predicted molar refractivity (Wildman–Crippen MR) is 125 cm³/mol. The molecule has 0 fully saturated rings. The van der Waals surface area contributed by atoms with Crippen molar-refractivity contribution in [3.8, 4) is 0 Å². The van der Waals surface area contributed by atoms with E-state index in [1.54, 1.807) is 0 Å². The van der Waals surface area contributed by atoms with Gasteiger partial charge in [-0.3, -0.25) is 4.79 Å². The highest BCUT2D eigenvalue weighted by Crippen LogP contribution is 2.31. The number of ketones is 1. The maximum absolute atomic E-state index is 12.9. The van der Waals surface area contributed by atoms with Crippen molar-refractivity contribution >= 4 is 17.4 Å². The molecule has 0 aromatic rings. The topological polar surface area (TPSA) is 17.1 Å². The van der Waals surface area contributed by atoms with Gasteiger partial charge in [0.2, 0.25) is 0 Å². The van der Waals surface area contributed by atoms with Crippen molar-refractivity contribution in [1.29, 1.82) is 0 Å². The van der Waals surface area contributed by atoms with Crippen LogP contribution in [-0.2, 0) is 4.79 Å². The van der Waals surface area contributed by atoms with E-state index >= 15 is 0 Å². The van der Waals surface area contributed by atoms with Gasteiger partial charge in [-0.2, -0.15) is 0 Å². The van der Waals surface area contributed by atoms with Crippen LogP contribution in [0.2, 0.25) is 0 Å². The predicted octanol–water partition coefficient (Wildman–Crippen LogP) is 8.48. The minimum absolute atomic E-state index is 0.275. The van der Waals surface area contributed by atoms with E-state index < -0.39 is 0 Å². The summed E-state index contributed by atoms with van der Waals surface area (Å²) >= 11 is 6.58. The first-order chi connectivity index (χ1) is 13.3. The summed E-state index contributed by atoms with van der Waals surface area (Å²) in [6, 6.07) is 0. The van der Waals surface area contributed by atoms with E-state index in [-0.39, 0.29) is 11.7 Å². The Morgan fingerprint density at radius 2 is 2.04 bits per heavy atom. The molecule has 0 N–H and O–H groups in total. The molecule has 0 spiro atoms. The average Bonchev–Trinajstić information content (AvgIpc) is 2.72. The Hall–Kier alpha value is -1.34. The second-order valence-corrected chi connectivity index (χ2v) is 8.52. The maximum Gasteiger partial charge on any atom is 0.162 e. The van der Waals surface area contributed by atoms with Gasteiger partial charge in [-0.25, -0.2) is 0 Å². The maximum atomic E-state index is 12.9. The van der Waals surface area contributed by atoms with Gasteiger partial charge in [0.05, 0.1) is 0 Å². The van der Waals surface area contributed by atoms with Crippen molar-refractivity contribution in [2.45, 2.75) is 86.5 Å². The van der Waals surface area contributed by atoms with Crippen LogP contribution in [0, 0.1) is 11.8 Å². The summed E-state index contributed by atoms with van der Waals surface area (Å²) in [5, 5.41) is 0.977. The Labute approximate surface area is 178 Å². The number of rotatable bonds is 9. The van der Waals surface area contributed by atoms with Crippen LogP contribution in [0.4, 0.5) is 0 Å². The minimum Gasteiger partial charge on any atom is -0.294 e. The molecule has 1 aliphatic rings. The summed E-state index contributed by atoms with van der Waals surface area (Å²) in [6.45, 7) is 13.0. The highest BCUT2D eigenvalue weighted by Gasteiger charge is 2.17. The van der Waals surface area contributed by atoms with Crippen LogP contribution in [0.5, 0.6) is 0 Å². The SMILES string of the molecule is CCC=CC=C(C)C(C)CCCC(=O)C1=CCC(C)C(Cl)=C(CC)CC=C1C. The molecule has 2 heteroatoms. The van der Waals surface area contributed by atoms with Crippen LogP contribution in [0.1, 0.15) is 86.5 Å². The molecule has 0 bridgehead atoms. The van der Waals surface area contributed by atoms with Crippen molar-refractivity contribution in [2.24, 2.45) is 11.8 Å². The zero-order chi connectivity index (χ0) is 21.1. The Morgan fingerprint density at radius 3 is 2.68 bits per heavy atom. The number of carbonyl (C=O) groups is 1. The molecular formula is C26H39ClO. The zero-order valence-corrected chi connectivity index (χ0v) is 19.5. The van der Waals surface area contributed by atoms with Gasteiger partial charge in [0, 0.05) is 17.0 Å². The third-order valence-corrected chi connectivity index (χ3v) is 6.44. The van der Waals surface area contributed by atoms with Gasteiger partial charge >= 0.3 is 0 Å². The van der Waals surface area contributed by atoms with Crippen LogP contribution in [-0.4, -0.2) is 5.78 Å². The molecule has 0 aromatic heterocycles. The van der Waals surface area contributed by atoms with Gasteiger partial charge in [0.15, 0.2) is 5.78 Å². The van der Waals surface area contributed by atoms with Gasteiger partial charge in [0.1, 0.15) is 0 Å². The highest BCUT2D eigenvalue weighted by atomic mass is 35.5. The second kappa shape index (κ2) is 13.0. The summed E-state index contributed by atoms with van der Waals surface area (Å²) in [5.41, 5.74) is 4.68. The molecular weight excluding hydrogens is 364 g/mol. The van der Waals surface area contributed by atoms with Gasteiger partial charge in [0.25, 0.3) is 0 Å². The fourth-order valence-corrected chi connectivity index (χ4v) is 3.79. The molecule has 1 aliphatic carbocycles. The van der Waals surface area contributed by atoms with Gasteiger partial charge < -0.3 is 0 Å². The molecule has 1 rings (SSSR count). The summed E-state index contributed by atoms with van der Waals surface area (Å²) in [4.78, 5) is 12.9. The molecule has 0 heterocycles. The first kappa shape index (κ1) is 24.7. The standard InChI is InChI=1S/C26H39ClO/c1-7-9-10-12-19(3)20(4)13-11-14-25(28)24-18-16-22(6)26(27)23(8-2)17-15-21(24)5/h9-10,12,15,18,20,22H,7-8,11,13-14,16-17H2,1-6H3. The lowest BCUT2D eigenvalue weighted by Crippen LogP contribution is -2.06. The van der Waals surface area contributed by atoms with Crippen molar-refractivity contribution in [3.63, 3.8) is 0 Å². The Bertz CT molecular complexity index is 673. The van der Waals surface area contributed by atoms with Crippen molar-refractivity contribution in [3.05, 3.63) is 57.7 Å². The van der Waals surface area contributed by atoms with E-state index in [0.29, 0.717) is 12.3 Å². The molecule has 156 valence electrons. The van der Waals surface area contributed by atoms with Gasteiger partial charge in [-0.05, 0) is 69.8 Å². The van der Waals surface area contributed by atoms with Crippen molar-refractivity contribution < 1.29 is 4.79 Å². The van der Waals surface area contributed by atoms with Crippen LogP contribution in [0.3, 0.4) is 0 Å². The van der Waals surface area contributed by atoms with E-state index in [9.17, 15) is 4.79 Å². The lowest BCUT2D eigenvalue weighted by molar-refractivity contribution is -0.115. The molecule has 1 nitrogen and oxygen atoms in total. The molecule has 0 saturated heterocycles. The summed E-state index contributed by atoms with van der Waals surface area (Å²) in [7, 11) is 0. The number of halogens is 1. The number of Topliss-reactive ketones (excluding diaryl/α,β-unsaturated/α-hetero) is 1. The van der Waals surface area contributed by atoms with Crippen LogP contribution < -0.4 is 0 Å². The third-order valence-electron chi connectivity index (χ3n) is 5.80. The monoisotopic (exact) mass is 402 g/mol. The van der Waals surface area contributed by atoms with E-state index in [2.05, 4.69) is 71.9 Å². The Kier molecular flexibility index (Phi) is 11.5. The second-order valence-electron chi connectivity index (χ2n) is 8.11. The fraction of sp³-hybridized carbons (Fsp3) is 0.577. The third kappa shape index (κ3) is 7.95. The van der Waals surface area contributed by atoms with Crippen LogP contribution in [0.15, 0.2) is 57.7 Å². The number of hydrogen-bond acceptors (Lipinski definition) is 1. The fourth-order valence-electron chi connectivity index (χ4n) is 3.49. The number of carbonyl (C=O) groups excluding carboxylic acids is 1. The number of allylic oxidation sites excluding steroid dienone is 10. The van der Waals surface area contributed by atoms with Crippen molar-refractivity contribution in [1.82, 2.24) is 0 Å².